The lowest BCUT2D eigenvalue weighted by Crippen LogP contribution is -2.29. The van der Waals surface area contributed by atoms with Crippen molar-refractivity contribution in [3.05, 3.63) is 44.1 Å². The molecule has 1 heterocycles. The molecule has 0 spiro atoms. The molecule has 0 saturated carbocycles. The molecule has 108 valence electrons. The first kappa shape index (κ1) is 15.4. The third kappa shape index (κ3) is 3.02. The standard InChI is InChI=1S/C13H14Cl2N2O2S/c1-18-7-3-4-8(10(5-7)19-2)12(17-16)9-6-11(14)20-13(9)15/h3-6,12,17H,16H2,1-2H3. The number of hydrazine groups is 1. The third-order valence-electron chi connectivity index (χ3n) is 2.91. The maximum atomic E-state index is 6.20. The van der Waals surface area contributed by atoms with Crippen molar-refractivity contribution >= 4 is 34.5 Å². The predicted molar refractivity (Wildman–Crippen MR) is 83.1 cm³/mol. The Hall–Kier alpha value is -0.980. The van der Waals surface area contributed by atoms with Crippen LogP contribution in [-0.4, -0.2) is 14.2 Å². The lowest BCUT2D eigenvalue weighted by Gasteiger charge is -2.19. The van der Waals surface area contributed by atoms with E-state index in [1.165, 1.54) is 11.3 Å². The zero-order valence-corrected chi connectivity index (χ0v) is 13.3. The minimum atomic E-state index is -0.313. The van der Waals surface area contributed by atoms with E-state index in [4.69, 9.17) is 38.5 Å². The first-order chi connectivity index (χ1) is 9.60. The number of hydrogen-bond donors (Lipinski definition) is 2. The van der Waals surface area contributed by atoms with E-state index in [9.17, 15) is 0 Å². The van der Waals surface area contributed by atoms with E-state index in [0.717, 1.165) is 11.1 Å². The van der Waals surface area contributed by atoms with Gasteiger partial charge in [0.15, 0.2) is 0 Å². The molecule has 1 aromatic carbocycles. The molecule has 3 N–H and O–H groups in total. The normalized spacial score (nSPS) is 12.2. The van der Waals surface area contributed by atoms with Gasteiger partial charge in [-0.05, 0) is 18.2 Å². The molecule has 0 bridgehead atoms. The fourth-order valence-electron chi connectivity index (χ4n) is 1.95. The number of ether oxygens (including phenoxy) is 2. The fraction of sp³-hybridized carbons (Fsp3) is 0.231. The molecule has 0 aliphatic carbocycles. The molecule has 0 saturated heterocycles. The van der Waals surface area contributed by atoms with E-state index in [1.54, 1.807) is 26.4 Å². The van der Waals surface area contributed by atoms with E-state index >= 15 is 0 Å². The molecule has 1 atom stereocenters. The van der Waals surface area contributed by atoms with Crippen LogP contribution in [0.4, 0.5) is 0 Å². The number of rotatable bonds is 5. The van der Waals surface area contributed by atoms with Crippen LogP contribution in [0.25, 0.3) is 0 Å². The summed E-state index contributed by atoms with van der Waals surface area (Å²) in [5.41, 5.74) is 4.41. The average Bonchev–Trinajstić information content (AvgIpc) is 2.79. The van der Waals surface area contributed by atoms with Gasteiger partial charge < -0.3 is 9.47 Å². The lowest BCUT2D eigenvalue weighted by atomic mass is 10.0. The Labute approximate surface area is 131 Å². The van der Waals surface area contributed by atoms with Gasteiger partial charge in [0, 0.05) is 17.2 Å². The molecule has 2 rings (SSSR count). The van der Waals surface area contributed by atoms with Crippen LogP contribution in [0, 0.1) is 0 Å². The first-order valence-corrected chi connectivity index (χ1v) is 7.30. The molecular weight excluding hydrogens is 319 g/mol. The van der Waals surface area contributed by atoms with Crippen molar-refractivity contribution in [3.8, 4) is 11.5 Å². The fourth-order valence-corrected chi connectivity index (χ4v) is 3.49. The highest BCUT2D eigenvalue weighted by Gasteiger charge is 2.22. The van der Waals surface area contributed by atoms with Gasteiger partial charge in [-0.25, -0.2) is 5.43 Å². The Morgan fingerprint density at radius 3 is 2.40 bits per heavy atom. The van der Waals surface area contributed by atoms with Gasteiger partial charge in [0.05, 0.1) is 28.9 Å². The highest BCUT2D eigenvalue weighted by atomic mass is 35.5. The summed E-state index contributed by atoms with van der Waals surface area (Å²) in [6, 6.07) is 6.99. The third-order valence-corrected chi connectivity index (χ3v) is 4.43. The minimum Gasteiger partial charge on any atom is -0.497 e. The summed E-state index contributed by atoms with van der Waals surface area (Å²) < 4.78 is 11.8. The van der Waals surface area contributed by atoms with Crippen molar-refractivity contribution in [2.75, 3.05) is 14.2 Å². The van der Waals surface area contributed by atoms with Crippen molar-refractivity contribution < 1.29 is 9.47 Å². The molecule has 7 heteroatoms. The Balaban J connectivity index is 2.49. The summed E-state index contributed by atoms with van der Waals surface area (Å²) in [5.74, 6) is 7.04. The molecular formula is C13H14Cl2N2O2S. The number of halogens is 2. The van der Waals surface area contributed by atoms with E-state index in [0.29, 0.717) is 20.2 Å². The molecule has 0 radical (unpaired) electrons. The minimum absolute atomic E-state index is 0.313. The average molecular weight is 333 g/mol. The Kier molecular flexibility index (Phi) is 5.12. The Bertz CT molecular complexity index is 604. The number of hydrogen-bond acceptors (Lipinski definition) is 5. The van der Waals surface area contributed by atoms with E-state index in [1.807, 2.05) is 12.1 Å². The largest absolute Gasteiger partial charge is 0.497 e. The van der Waals surface area contributed by atoms with Crippen LogP contribution in [-0.2, 0) is 0 Å². The second-order valence-corrected chi connectivity index (χ2v) is 6.27. The molecule has 0 aliphatic heterocycles. The second kappa shape index (κ2) is 6.65. The summed E-state index contributed by atoms with van der Waals surface area (Å²) in [4.78, 5) is 0. The van der Waals surface area contributed by atoms with Gasteiger partial charge in [-0.15, -0.1) is 11.3 Å². The Morgan fingerprint density at radius 2 is 1.90 bits per heavy atom. The van der Waals surface area contributed by atoms with Crippen molar-refractivity contribution in [1.29, 1.82) is 0 Å². The van der Waals surface area contributed by atoms with Gasteiger partial charge in [-0.2, -0.15) is 0 Å². The summed E-state index contributed by atoms with van der Waals surface area (Å²) in [5, 5.41) is 0. The molecule has 4 nitrogen and oxygen atoms in total. The maximum Gasteiger partial charge on any atom is 0.127 e. The quantitative estimate of drug-likeness (QED) is 0.648. The van der Waals surface area contributed by atoms with Gasteiger partial charge in [0.2, 0.25) is 0 Å². The predicted octanol–water partition coefficient (Wildman–Crippen LogP) is 3.62. The second-order valence-electron chi connectivity index (χ2n) is 3.99. The number of benzene rings is 1. The van der Waals surface area contributed by atoms with Crippen LogP contribution < -0.4 is 20.7 Å². The summed E-state index contributed by atoms with van der Waals surface area (Å²) in [7, 11) is 3.19. The highest BCUT2D eigenvalue weighted by Crippen LogP contribution is 2.40. The Morgan fingerprint density at radius 1 is 1.15 bits per heavy atom. The van der Waals surface area contributed by atoms with Crippen LogP contribution in [0.2, 0.25) is 8.67 Å². The molecule has 0 amide bonds. The summed E-state index contributed by atoms with van der Waals surface area (Å²) in [6.07, 6.45) is 0. The van der Waals surface area contributed by atoms with E-state index in [2.05, 4.69) is 5.43 Å². The first-order valence-electron chi connectivity index (χ1n) is 5.73. The number of thiophene rings is 1. The topological polar surface area (TPSA) is 56.5 Å². The SMILES string of the molecule is COc1ccc(C(NN)c2cc(Cl)sc2Cl)c(OC)c1. The zero-order valence-electron chi connectivity index (χ0n) is 10.9. The number of nitrogens with two attached hydrogens (primary N) is 1. The van der Waals surface area contributed by atoms with E-state index in [-0.39, 0.29) is 6.04 Å². The molecule has 0 aliphatic rings. The monoisotopic (exact) mass is 332 g/mol. The van der Waals surface area contributed by atoms with Gasteiger partial charge in [0.25, 0.3) is 0 Å². The van der Waals surface area contributed by atoms with Crippen LogP contribution in [0.1, 0.15) is 17.2 Å². The van der Waals surface area contributed by atoms with Crippen molar-refractivity contribution in [2.45, 2.75) is 6.04 Å². The number of methoxy groups -OCH3 is 2. The van der Waals surface area contributed by atoms with Crippen molar-refractivity contribution in [3.63, 3.8) is 0 Å². The molecule has 20 heavy (non-hydrogen) atoms. The van der Waals surface area contributed by atoms with Gasteiger partial charge in [0.1, 0.15) is 11.5 Å². The van der Waals surface area contributed by atoms with Crippen LogP contribution in [0.15, 0.2) is 24.3 Å². The van der Waals surface area contributed by atoms with E-state index < -0.39 is 0 Å². The number of nitrogens with one attached hydrogen (secondary N) is 1. The molecule has 1 unspecified atom stereocenters. The van der Waals surface area contributed by atoms with Crippen LogP contribution in [0.3, 0.4) is 0 Å². The smallest absolute Gasteiger partial charge is 0.127 e. The molecule has 0 fully saturated rings. The summed E-state index contributed by atoms with van der Waals surface area (Å²) >= 11 is 13.5. The molecule has 1 aromatic heterocycles. The van der Waals surface area contributed by atoms with Crippen molar-refractivity contribution in [2.24, 2.45) is 5.84 Å². The maximum absolute atomic E-state index is 6.20. The molecule has 2 aromatic rings. The van der Waals surface area contributed by atoms with Gasteiger partial charge in [-0.3, -0.25) is 5.84 Å². The summed E-state index contributed by atoms with van der Waals surface area (Å²) in [6.45, 7) is 0. The van der Waals surface area contributed by atoms with Crippen LogP contribution >= 0.6 is 34.5 Å². The zero-order chi connectivity index (χ0) is 14.7. The van der Waals surface area contributed by atoms with Crippen LogP contribution in [0.5, 0.6) is 11.5 Å². The van der Waals surface area contributed by atoms with Gasteiger partial charge >= 0.3 is 0 Å². The lowest BCUT2D eigenvalue weighted by molar-refractivity contribution is 0.387. The van der Waals surface area contributed by atoms with Gasteiger partial charge in [-0.1, -0.05) is 23.2 Å². The van der Waals surface area contributed by atoms with Crippen molar-refractivity contribution in [1.82, 2.24) is 5.43 Å². The highest BCUT2D eigenvalue weighted by molar-refractivity contribution is 7.20.